The summed E-state index contributed by atoms with van der Waals surface area (Å²) in [7, 11) is 0. The van der Waals surface area contributed by atoms with Gasteiger partial charge in [0.25, 0.3) is 0 Å². The normalized spacial score (nSPS) is 30.7. The lowest BCUT2D eigenvalue weighted by atomic mass is 10.0. The van der Waals surface area contributed by atoms with E-state index in [4.69, 9.17) is 0 Å². The van der Waals surface area contributed by atoms with Crippen LogP contribution in [0.5, 0.6) is 0 Å². The monoisotopic (exact) mass is 198 g/mol. The van der Waals surface area contributed by atoms with Gasteiger partial charge in [0, 0.05) is 0 Å². The van der Waals surface area contributed by atoms with Crippen LogP contribution in [0, 0.1) is 0 Å². The van der Waals surface area contributed by atoms with E-state index >= 15 is 0 Å². The fraction of sp³-hybridized carbons (Fsp3) is 0.667. The van der Waals surface area contributed by atoms with Crippen molar-refractivity contribution in [1.82, 2.24) is 0 Å². The summed E-state index contributed by atoms with van der Waals surface area (Å²) in [6.07, 6.45) is 11.0. The molecule has 2 heteroatoms. The topological polar surface area (TPSA) is 20.2 Å². The summed E-state index contributed by atoms with van der Waals surface area (Å²) >= 11 is 0. The molecule has 0 aromatic rings. The van der Waals surface area contributed by atoms with Crippen LogP contribution in [-0.2, 0) is 0 Å². The molecule has 1 rings (SSSR count). The van der Waals surface area contributed by atoms with Gasteiger partial charge in [-0.15, -0.1) is 0 Å². The first-order chi connectivity index (χ1) is 6.80. The summed E-state index contributed by atoms with van der Waals surface area (Å²) < 4.78 is 13.3. The van der Waals surface area contributed by atoms with Crippen molar-refractivity contribution in [1.29, 1.82) is 0 Å². The maximum atomic E-state index is 13.3. The molecule has 1 N–H and O–H groups in total. The molecule has 0 amide bonds. The Balaban J connectivity index is 2.41. The zero-order valence-corrected chi connectivity index (χ0v) is 8.53. The molecule has 0 spiro atoms. The number of halogens is 1. The second kappa shape index (κ2) is 6.77. The summed E-state index contributed by atoms with van der Waals surface area (Å²) in [5.74, 6) is 0. The van der Waals surface area contributed by atoms with Gasteiger partial charge in [0.15, 0.2) is 0 Å². The quantitative estimate of drug-likeness (QED) is 0.593. The third kappa shape index (κ3) is 4.56. The molecule has 0 radical (unpaired) electrons. The molecule has 1 aliphatic carbocycles. The van der Waals surface area contributed by atoms with Gasteiger partial charge in [-0.2, -0.15) is 0 Å². The fourth-order valence-corrected chi connectivity index (χ4v) is 1.55. The lowest BCUT2D eigenvalue weighted by Gasteiger charge is -2.13. The molecule has 2 unspecified atom stereocenters. The van der Waals surface area contributed by atoms with Crippen LogP contribution in [0.15, 0.2) is 24.3 Å². The van der Waals surface area contributed by atoms with Gasteiger partial charge in [0.1, 0.15) is 6.17 Å². The van der Waals surface area contributed by atoms with Crippen LogP contribution >= 0.6 is 0 Å². The van der Waals surface area contributed by atoms with E-state index in [1.54, 1.807) is 0 Å². The lowest BCUT2D eigenvalue weighted by Crippen LogP contribution is -2.20. The number of aliphatic hydroxyl groups is 1. The standard InChI is InChI=1S/C12H19FO/c13-11-9-7-5-3-1-2-4-6-8-10-12(11)14/h1,3,6,8,11-12,14H,2,4-5,7,9-10H2. The maximum Gasteiger partial charge on any atom is 0.126 e. The number of allylic oxidation sites excluding steroid dienone is 3. The summed E-state index contributed by atoms with van der Waals surface area (Å²) in [5, 5.41) is 9.42. The first-order valence-electron chi connectivity index (χ1n) is 5.43. The van der Waals surface area contributed by atoms with E-state index < -0.39 is 12.3 Å². The van der Waals surface area contributed by atoms with E-state index in [1.807, 2.05) is 12.2 Å². The van der Waals surface area contributed by atoms with Crippen LogP contribution in [0.3, 0.4) is 0 Å². The molecule has 0 saturated heterocycles. The van der Waals surface area contributed by atoms with E-state index in [9.17, 15) is 9.50 Å². The summed E-state index contributed by atoms with van der Waals surface area (Å²) in [5.41, 5.74) is 0. The van der Waals surface area contributed by atoms with Crippen LogP contribution in [0.1, 0.15) is 38.5 Å². The SMILES string of the molecule is OC1CC=CCCC=CCCCC1F. The first-order valence-corrected chi connectivity index (χ1v) is 5.43. The van der Waals surface area contributed by atoms with Crippen molar-refractivity contribution in [3.8, 4) is 0 Å². The molecule has 0 bridgehead atoms. The Labute approximate surface area is 85.3 Å². The molecule has 14 heavy (non-hydrogen) atoms. The van der Waals surface area contributed by atoms with Gasteiger partial charge >= 0.3 is 0 Å². The largest absolute Gasteiger partial charge is 0.390 e. The number of rotatable bonds is 0. The number of hydrogen-bond acceptors (Lipinski definition) is 1. The van der Waals surface area contributed by atoms with E-state index in [-0.39, 0.29) is 0 Å². The Bertz CT molecular complexity index is 198. The molecule has 1 nitrogen and oxygen atoms in total. The van der Waals surface area contributed by atoms with E-state index in [1.165, 1.54) is 0 Å². The van der Waals surface area contributed by atoms with Crippen molar-refractivity contribution in [2.75, 3.05) is 0 Å². The van der Waals surface area contributed by atoms with Crippen LogP contribution in [0.25, 0.3) is 0 Å². The Kier molecular flexibility index (Phi) is 5.53. The van der Waals surface area contributed by atoms with Gasteiger partial charge in [0.2, 0.25) is 0 Å². The molecule has 0 heterocycles. The predicted octanol–water partition coefficient (Wildman–Crippen LogP) is 3.15. The number of aliphatic hydroxyl groups excluding tert-OH is 1. The number of alkyl halides is 1. The van der Waals surface area contributed by atoms with Crippen molar-refractivity contribution in [3.05, 3.63) is 24.3 Å². The molecule has 0 saturated carbocycles. The summed E-state index contributed by atoms with van der Waals surface area (Å²) in [6, 6.07) is 0. The first kappa shape index (κ1) is 11.4. The van der Waals surface area contributed by atoms with Gasteiger partial charge in [-0.25, -0.2) is 4.39 Å². The molecule has 80 valence electrons. The minimum Gasteiger partial charge on any atom is -0.390 e. The van der Waals surface area contributed by atoms with Crippen molar-refractivity contribution in [2.24, 2.45) is 0 Å². The Morgan fingerprint density at radius 1 is 1.00 bits per heavy atom. The van der Waals surface area contributed by atoms with Crippen molar-refractivity contribution < 1.29 is 9.50 Å². The average Bonchev–Trinajstić information content (AvgIpc) is 2.18. The highest BCUT2D eigenvalue weighted by atomic mass is 19.1. The molecule has 0 aromatic heterocycles. The minimum atomic E-state index is -1.06. The lowest BCUT2D eigenvalue weighted by molar-refractivity contribution is 0.0740. The Morgan fingerprint density at radius 3 is 2.43 bits per heavy atom. The molecule has 0 fully saturated rings. The van der Waals surface area contributed by atoms with Gasteiger partial charge in [-0.3, -0.25) is 0 Å². The molecular formula is C12H19FO. The van der Waals surface area contributed by atoms with Gasteiger partial charge in [0.05, 0.1) is 6.10 Å². The average molecular weight is 198 g/mol. The molecule has 0 aliphatic heterocycles. The van der Waals surface area contributed by atoms with Crippen molar-refractivity contribution in [2.45, 2.75) is 50.8 Å². The second-order valence-electron chi connectivity index (χ2n) is 3.77. The Morgan fingerprint density at radius 2 is 1.64 bits per heavy atom. The molecule has 1 aliphatic rings. The maximum absolute atomic E-state index is 13.3. The molecule has 2 atom stereocenters. The van der Waals surface area contributed by atoms with Gasteiger partial charge in [-0.1, -0.05) is 24.3 Å². The van der Waals surface area contributed by atoms with E-state index in [2.05, 4.69) is 12.2 Å². The smallest absolute Gasteiger partial charge is 0.126 e. The zero-order chi connectivity index (χ0) is 10.2. The van der Waals surface area contributed by atoms with E-state index in [0.717, 1.165) is 25.7 Å². The minimum absolute atomic E-state index is 0.449. The van der Waals surface area contributed by atoms with Crippen LogP contribution in [0.2, 0.25) is 0 Å². The fourth-order valence-electron chi connectivity index (χ4n) is 1.55. The predicted molar refractivity (Wildman–Crippen MR) is 56.9 cm³/mol. The van der Waals surface area contributed by atoms with Gasteiger partial charge < -0.3 is 5.11 Å². The van der Waals surface area contributed by atoms with E-state index in [0.29, 0.717) is 12.8 Å². The zero-order valence-electron chi connectivity index (χ0n) is 8.53. The second-order valence-corrected chi connectivity index (χ2v) is 3.77. The molecular weight excluding hydrogens is 179 g/mol. The van der Waals surface area contributed by atoms with Crippen LogP contribution in [0.4, 0.5) is 4.39 Å². The van der Waals surface area contributed by atoms with Crippen molar-refractivity contribution >= 4 is 0 Å². The van der Waals surface area contributed by atoms with Crippen molar-refractivity contribution in [3.63, 3.8) is 0 Å². The highest BCUT2D eigenvalue weighted by Crippen LogP contribution is 2.13. The third-order valence-electron chi connectivity index (χ3n) is 2.48. The van der Waals surface area contributed by atoms with Crippen LogP contribution in [-0.4, -0.2) is 17.4 Å². The third-order valence-corrected chi connectivity index (χ3v) is 2.48. The van der Waals surface area contributed by atoms with Gasteiger partial charge in [-0.05, 0) is 38.5 Å². The summed E-state index contributed by atoms with van der Waals surface area (Å²) in [4.78, 5) is 0. The highest BCUT2D eigenvalue weighted by Gasteiger charge is 2.15. The number of hydrogen-bond donors (Lipinski definition) is 1. The molecule has 0 aromatic carbocycles. The van der Waals surface area contributed by atoms with Crippen LogP contribution < -0.4 is 0 Å². The Hall–Kier alpha value is -0.630. The highest BCUT2D eigenvalue weighted by molar-refractivity contribution is 4.91. The summed E-state index contributed by atoms with van der Waals surface area (Å²) in [6.45, 7) is 0.